The van der Waals surface area contributed by atoms with Crippen molar-refractivity contribution in [2.75, 3.05) is 34.8 Å². The molecule has 1 aromatic carbocycles. The standard InChI is InChI=1S/C14H20N2OS/c1-11-2-3-12-10-13(4-5-14(12)15-11)16-6-8-18(17)9-7-16/h4-5,10-11,15H,2-3,6-9H2,1H3. The van der Waals surface area contributed by atoms with E-state index in [0.717, 1.165) is 31.0 Å². The number of fused-ring (bicyclic) bond motifs is 1. The van der Waals surface area contributed by atoms with Gasteiger partial charge in [0, 0.05) is 52.8 Å². The van der Waals surface area contributed by atoms with Crippen molar-refractivity contribution in [2.24, 2.45) is 0 Å². The maximum atomic E-state index is 11.4. The summed E-state index contributed by atoms with van der Waals surface area (Å²) in [6.45, 7) is 4.08. The topological polar surface area (TPSA) is 32.3 Å². The number of anilines is 2. The number of nitrogens with zero attached hydrogens (tertiary/aromatic N) is 1. The predicted octanol–water partition coefficient (Wildman–Crippen LogP) is 2.00. The fourth-order valence-corrected chi connectivity index (χ4v) is 3.78. The molecule has 2 aliphatic rings. The van der Waals surface area contributed by atoms with E-state index in [1.807, 2.05) is 0 Å². The molecule has 3 rings (SSSR count). The zero-order valence-electron chi connectivity index (χ0n) is 10.8. The third-order valence-corrected chi connectivity index (χ3v) is 5.16. The summed E-state index contributed by atoms with van der Waals surface area (Å²) in [5.41, 5.74) is 4.01. The minimum atomic E-state index is -0.595. The molecule has 3 nitrogen and oxygen atoms in total. The number of aryl methyl sites for hydroxylation is 1. The lowest BCUT2D eigenvalue weighted by Crippen LogP contribution is -2.37. The highest BCUT2D eigenvalue weighted by atomic mass is 32.2. The molecular formula is C14H20N2OS. The van der Waals surface area contributed by atoms with Gasteiger partial charge in [-0.05, 0) is 43.5 Å². The molecule has 0 saturated carbocycles. The molecule has 18 heavy (non-hydrogen) atoms. The van der Waals surface area contributed by atoms with Gasteiger partial charge < -0.3 is 10.2 Å². The van der Waals surface area contributed by atoms with Gasteiger partial charge in [-0.25, -0.2) is 0 Å². The van der Waals surface area contributed by atoms with E-state index >= 15 is 0 Å². The maximum Gasteiger partial charge on any atom is 0.0411 e. The smallest absolute Gasteiger partial charge is 0.0411 e. The molecule has 98 valence electrons. The summed E-state index contributed by atoms with van der Waals surface area (Å²) >= 11 is 0. The average molecular weight is 264 g/mol. The van der Waals surface area contributed by atoms with Gasteiger partial charge in [-0.3, -0.25) is 4.21 Å². The summed E-state index contributed by atoms with van der Waals surface area (Å²) < 4.78 is 11.4. The van der Waals surface area contributed by atoms with Crippen molar-refractivity contribution in [2.45, 2.75) is 25.8 Å². The van der Waals surface area contributed by atoms with Gasteiger partial charge in [-0.1, -0.05) is 0 Å². The van der Waals surface area contributed by atoms with Crippen LogP contribution in [0.2, 0.25) is 0 Å². The number of hydrogen-bond acceptors (Lipinski definition) is 3. The van der Waals surface area contributed by atoms with Crippen molar-refractivity contribution in [3.63, 3.8) is 0 Å². The largest absolute Gasteiger partial charge is 0.382 e. The Labute approximate surface area is 111 Å². The van der Waals surface area contributed by atoms with E-state index in [9.17, 15) is 4.21 Å². The van der Waals surface area contributed by atoms with E-state index < -0.39 is 10.8 Å². The van der Waals surface area contributed by atoms with E-state index in [2.05, 4.69) is 35.3 Å². The molecule has 2 heterocycles. The summed E-state index contributed by atoms with van der Waals surface area (Å²) in [7, 11) is -0.595. The molecule has 0 aromatic heterocycles. The molecular weight excluding hydrogens is 244 g/mol. The number of hydrogen-bond donors (Lipinski definition) is 1. The molecule has 0 bridgehead atoms. The molecule has 4 heteroatoms. The van der Waals surface area contributed by atoms with Gasteiger partial charge in [0.1, 0.15) is 0 Å². The van der Waals surface area contributed by atoms with Crippen LogP contribution in [0, 0.1) is 0 Å². The predicted molar refractivity (Wildman–Crippen MR) is 77.9 cm³/mol. The third-order valence-electron chi connectivity index (χ3n) is 3.88. The van der Waals surface area contributed by atoms with Gasteiger partial charge in [0.25, 0.3) is 0 Å². The molecule has 0 radical (unpaired) electrons. The highest BCUT2D eigenvalue weighted by Gasteiger charge is 2.18. The lowest BCUT2D eigenvalue weighted by Gasteiger charge is -2.31. The molecule has 1 aromatic rings. The molecule has 0 aliphatic carbocycles. The highest BCUT2D eigenvalue weighted by Crippen LogP contribution is 2.29. The Hall–Kier alpha value is -1.03. The second kappa shape index (κ2) is 4.92. The number of nitrogens with one attached hydrogen (secondary N) is 1. The monoisotopic (exact) mass is 264 g/mol. The van der Waals surface area contributed by atoms with Gasteiger partial charge in [0.05, 0.1) is 0 Å². The van der Waals surface area contributed by atoms with E-state index in [0.29, 0.717) is 6.04 Å². The molecule has 1 atom stereocenters. The Kier molecular flexibility index (Phi) is 3.29. The Morgan fingerprint density at radius 1 is 1.33 bits per heavy atom. The van der Waals surface area contributed by atoms with Crippen LogP contribution in [0.4, 0.5) is 11.4 Å². The fraction of sp³-hybridized carbons (Fsp3) is 0.571. The van der Waals surface area contributed by atoms with Gasteiger partial charge >= 0.3 is 0 Å². The first-order valence-electron chi connectivity index (χ1n) is 6.72. The second-order valence-electron chi connectivity index (χ2n) is 5.26. The van der Waals surface area contributed by atoms with Gasteiger partial charge in [-0.15, -0.1) is 0 Å². The first-order valence-corrected chi connectivity index (χ1v) is 8.20. The Morgan fingerprint density at radius 2 is 2.11 bits per heavy atom. The maximum absolute atomic E-state index is 11.4. The molecule has 0 spiro atoms. The van der Waals surface area contributed by atoms with Crippen LogP contribution in [-0.4, -0.2) is 34.8 Å². The number of benzene rings is 1. The summed E-state index contributed by atoms with van der Waals surface area (Å²) in [6.07, 6.45) is 2.37. The molecule has 1 saturated heterocycles. The van der Waals surface area contributed by atoms with Gasteiger partial charge in [-0.2, -0.15) is 0 Å². The molecule has 2 aliphatic heterocycles. The first-order chi connectivity index (χ1) is 8.72. The number of rotatable bonds is 1. The van der Waals surface area contributed by atoms with Crippen LogP contribution in [-0.2, 0) is 17.2 Å². The van der Waals surface area contributed by atoms with E-state index in [1.54, 1.807) is 0 Å². The second-order valence-corrected chi connectivity index (χ2v) is 6.96. The normalized spacial score (nSPS) is 24.5. The van der Waals surface area contributed by atoms with Crippen LogP contribution in [0.15, 0.2) is 18.2 Å². The molecule has 1 N–H and O–H groups in total. The summed E-state index contributed by atoms with van der Waals surface area (Å²) in [5, 5.41) is 3.53. The highest BCUT2D eigenvalue weighted by molar-refractivity contribution is 7.85. The van der Waals surface area contributed by atoms with Crippen molar-refractivity contribution in [1.82, 2.24) is 0 Å². The van der Waals surface area contributed by atoms with Crippen LogP contribution in [0.3, 0.4) is 0 Å². The van der Waals surface area contributed by atoms with Crippen molar-refractivity contribution in [3.05, 3.63) is 23.8 Å². The lowest BCUT2D eigenvalue weighted by atomic mass is 9.98. The van der Waals surface area contributed by atoms with Gasteiger partial charge in [0.15, 0.2) is 0 Å². The van der Waals surface area contributed by atoms with Crippen molar-refractivity contribution < 1.29 is 4.21 Å². The summed E-state index contributed by atoms with van der Waals surface area (Å²) in [5.74, 6) is 1.62. The Morgan fingerprint density at radius 3 is 2.89 bits per heavy atom. The first kappa shape index (κ1) is 12.0. The lowest BCUT2D eigenvalue weighted by molar-refractivity contribution is 0.672. The van der Waals surface area contributed by atoms with E-state index in [1.165, 1.54) is 23.4 Å². The van der Waals surface area contributed by atoms with Crippen LogP contribution in [0.1, 0.15) is 18.9 Å². The Balaban J connectivity index is 1.80. The van der Waals surface area contributed by atoms with Crippen molar-refractivity contribution in [1.29, 1.82) is 0 Å². The van der Waals surface area contributed by atoms with E-state index in [-0.39, 0.29) is 0 Å². The SMILES string of the molecule is CC1CCc2cc(N3CCS(=O)CC3)ccc2N1. The zero-order chi connectivity index (χ0) is 12.5. The van der Waals surface area contributed by atoms with Crippen LogP contribution < -0.4 is 10.2 Å². The van der Waals surface area contributed by atoms with Crippen LogP contribution in [0.5, 0.6) is 0 Å². The minimum Gasteiger partial charge on any atom is -0.382 e. The third kappa shape index (κ3) is 2.39. The zero-order valence-corrected chi connectivity index (χ0v) is 11.6. The Bertz CT molecular complexity index is 465. The van der Waals surface area contributed by atoms with E-state index in [4.69, 9.17) is 0 Å². The van der Waals surface area contributed by atoms with Crippen LogP contribution >= 0.6 is 0 Å². The van der Waals surface area contributed by atoms with Crippen molar-refractivity contribution >= 4 is 22.2 Å². The fourth-order valence-electron chi connectivity index (χ4n) is 2.73. The van der Waals surface area contributed by atoms with Gasteiger partial charge in [0.2, 0.25) is 0 Å². The van der Waals surface area contributed by atoms with Crippen molar-refractivity contribution in [3.8, 4) is 0 Å². The van der Waals surface area contributed by atoms with Crippen LogP contribution in [0.25, 0.3) is 0 Å². The average Bonchev–Trinajstić information content (AvgIpc) is 2.39. The molecule has 0 amide bonds. The quantitative estimate of drug-likeness (QED) is 0.842. The minimum absolute atomic E-state index is 0.584. The molecule has 1 fully saturated rings. The summed E-state index contributed by atoms with van der Waals surface area (Å²) in [6, 6.07) is 7.28. The molecule has 1 unspecified atom stereocenters. The summed E-state index contributed by atoms with van der Waals surface area (Å²) in [4.78, 5) is 2.36.